The van der Waals surface area contributed by atoms with Gasteiger partial charge >= 0.3 is 0 Å². The van der Waals surface area contributed by atoms with E-state index < -0.39 is 10.0 Å². The minimum atomic E-state index is -3.05. The second kappa shape index (κ2) is 4.79. The van der Waals surface area contributed by atoms with E-state index in [2.05, 4.69) is 0 Å². The van der Waals surface area contributed by atoms with Gasteiger partial charge in [0.25, 0.3) is 0 Å². The van der Waals surface area contributed by atoms with Gasteiger partial charge in [0.2, 0.25) is 10.0 Å². The van der Waals surface area contributed by atoms with Crippen LogP contribution >= 0.6 is 0 Å². The van der Waals surface area contributed by atoms with Gasteiger partial charge in [-0.25, -0.2) is 12.7 Å². The van der Waals surface area contributed by atoms with Crippen molar-refractivity contribution in [1.82, 2.24) is 4.31 Å². The molecular weight excluding hydrogens is 176 g/mol. The second-order valence-corrected chi connectivity index (χ2v) is 5.27. The summed E-state index contributed by atoms with van der Waals surface area (Å²) in [4.78, 5) is 0. The van der Waals surface area contributed by atoms with E-state index in [4.69, 9.17) is 5.73 Å². The lowest BCUT2D eigenvalue weighted by Crippen LogP contribution is -2.38. The quantitative estimate of drug-likeness (QED) is 0.670. The number of hydrogen-bond donors (Lipinski definition) is 1. The van der Waals surface area contributed by atoms with Crippen LogP contribution in [0.2, 0.25) is 0 Å². The molecule has 0 aromatic carbocycles. The van der Waals surface area contributed by atoms with Crippen LogP contribution in [0.5, 0.6) is 0 Å². The van der Waals surface area contributed by atoms with Crippen molar-refractivity contribution in [3.05, 3.63) is 0 Å². The smallest absolute Gasteiger partial charge is 0.213 e. The molecule has 12 heavy (non-hydrogen) atoms. The van der Waals surface area contributed by atoms with E-state index in [-0.39, 0.29) is 11.8 Å². The summed E-state index contributed by atoms with van der Waals surface area (Å²) >= 11 is 0. The minimum Gasteiger partial charge on any atom is -0.327 e. The van der Waals surface area contributed by atoms with Crippen molar-refractivity contribution in [2.75, 3.05) is 19.3 Å². The lowest BCUT2D eigenvalue weighted by Gasteiger charge is -2.18. The van der Waals surface area contributed by atoms with E-state index in [1.54, 1.807) is 14.0 Å². The third-order valence-corrected chi connectivity index (χ3v) is 3.50. The van der Waals surface area contributed by atoms with Crippen molar-refractivity contribution < 1.29 is 8.42 Å². The fraction of sp³-hybridized carbons (Fsp3) is 1.00. The maximum atomic E-state index is 11.3. The minimum absolute atomic E-state index is 0.110. The lowest BCUT2D eigenvalue weighted by molar-refractivity contribution is 0.445. The fourth-order valence-electron chi connectivity index (χ4n) is 0.933. The Labute approximate surface area is 74.8 Å². The van der Waals surface area contributed by atoms with Crippen LogP contribution in [-0.2, 0) is 10.0 Å². The van der Waals surface area contributed by atoms with Crippen LogP contribution in [0, 0.1) is 0 Å². The monoisotopic (exact) mass is 194 g/mol. The zero-order chi connectivity index (χ0) is 9.78. The van der Waals surface area contributed by atoms with Crippen molar-refractivity contribution in [1.29, 1.82) is 0 Å². The van der Waals surface area contributed by atoms with Gasteiger partial charge in [-0.2, -0.15) is 0 Å². The number of sulfonamides is 1. The van der Waals surface area contributed by atoms with E-state index >= 15 is 0 Å². The van der Waals surface area contributed by atoms with Crippen molar-refractivity contribution in [3.8, 4) is 0 Å². The first-order chi connectivity index (χ1) is 5.40. The van der Waals surface area contributed by atoms with Crippen LogP contribution in [0.15, 0.2) is 0 Å². The van der Waals surface area contributed by atoms with Crippen molar-refractivity contribution in [2.24, 2.45) is 5.73 Å². The van der Waals surface area contributed by atoms with Gasteiger partial charge in [0.1, 0.15) is 0 Å². The Morgan fingerprint density at radius 3 is 2.33 bits per heavy atom. The van der Waals surface area contributed by atoms with Gasteiger partial charge in [0, 0.05) is 19.6 Å². The lowest BCUT2D eigenvalue weighted by atomic mass is 10.4. The molecule has 0 rings (SSSR count). The van der Waals surface area contributed by atoms with Crippen LogP contribution < -0.4 is 5.73 Å². The van der Waals surface area contributed by atoms with Gasteiger partial charge in [0.05, 0.1) is 5.75 Å². The van der Waals surface area contributed by atoms with E-state index in [1.165, 1.54) is 4.31 Å². The summed E-state index contributed by atoms with van der Waals surface area (Å²) in [5, 5.41) is 0. The molecule has 74 valence electrons. The fourth-order valence-corrected chi connectivity index (χ4v) is 2.22. The molecule has 0 radical (unpaired) electrons. The molecule has 2 N–H and O–H groups in total. The summed E-state index contributed by atoms with van der Waals surface area (Å²) < 4.78 is 24.0. The summed E-state index contributed by atoms with van der Waals surface area (Å²) in [6.07, 6.45) is 0.644. The normalized spacial score (nSPS) is 15.1. The molecule has 0 saturated carbocycles. The van der Waals surface area contributed by atoms with Crippen molar-refractivity contribution in [2.45, 2.75) is 26.3 Å². The number of nitrogens with two attached hydrogens (primary N) is 1. The van der Waals surface area contributed by atoms with Crippen LogP contribution in [0.1, 0.15) is 20.3 Å². The third-order valence-electron chi connectivity index (χ3n) is 1.48. The molecule has 0 aromatic rings. The highest BCUT2D eigenvalue weighted by atomic mass is 32.2. The molecule has 1 atom stereocenters. The summed E-state index contributed by atoms with van der Waals surface area (Å²) in [5.41, 5.74) is 5.48. The molecule has 0 amide bonds. The molecular formula is C7H18N2O2S. The Balaban J connectivity index is 4.16. The molecule has 0 heterocycles. The molecule has 0 aliphatic rings. The molecule has 0 aliphatic carbocycles. The highest BCUT2D eigenvalue weighted by Crippen LogP contribution is 2.00. The molecule has 0 spiro atoms. The largest absolute Gasteiger partial charge is 0.327 e. The summed E-state index contributed by atoms with van der Waals surface area (Å²) in [6.45, 7) is 4.03. The van der Waals surface area contributed by atoms with Gasteiger partial charge in [0.15, 0.2) is 0 Å². The van der Waals surface area contributed by atoms with Crippen molar-refractivity contribution in [3.63, 3.8) is 0 Å². The molecule has 5 heteroatoms. The molecule has 0 aliphatic heterocycles. The molecule has 0 fully saturated rings. The average molecular weight is 194 g/mol. The first kappa shape index (κ1) is 11.9. The molecule has 0 bridgehead atoms. The standard InChI is InChI=1S/C7H18N2O2S/c1-4-5-12(10,11)9(3)6-7(2)8/h7H,4-6,8H2,1-3H3. The maximum Gasteiger partial charge on any atom is 0.213 e. The third kappa shape index (κ3) is 4.04. The van der Waals surface area contributed by atoms with Crippen LogP contribution in [-0.4, -0.2) is 38.1 Å². The molecule has 0 aromatic heterocycles. The summed E-state index contributed by atoms with van der Waals surface area (Å²) in [6, 6.07) is -0.110. The highest BCUT2D eigenvalue weighted by Gasteiger charge is 2.16. The topological polar surface area (TPSA) is 63.4 Å². The van der Waals surface area contributed by atoms with Gasteiger partial charge in [-0.05, 0) is 13.3 Å². The first-order valence-corrected chi connectivity index (χ1v) is 5.70. The van der Waals surface area contributed by atoms with E-state index in [0.717, 1.165) is 0 Å². The number of nitrogens with zero attached hydrogens (tertiary/aromatic N) is 1. The van der Waals surface area contributed by atoms with Crippen molar-refractivity contribution >= 4 is 10.0 Å². The SMILES string of the molecule is CCCS(=O)(=O)N(C)CC(C)N. The zero-order valence-electron chi connectivity index (χ0n) is 7.95. The predicted octanol–water partition coefficient (Wildman–Crippen LogP) is 0.00520. The van der Waals surface area contributed by atoms with Gasteiger partial charge in [-0.1, -0.05) is 6.92 Å². The van der Waals surface area contributed by atoms with E-state index in [0.29, 0.717) is 13.0 Å². The Hall–Kier alpha value is -0.130. The Morgan fingerprint density at radius 2 is 2.00 bits per heavy atom. The molecule has 0 saturated heterocycles. The average Bonchev–Trinajstić information content (AvgIpc) is 1.85. The highest BCUT2D eigenvalue weighted by molar-refractivity contribution is 7.89. The summed E-state index contributed by atoms with van der Waals surface area (Å²) in [7, 11) is -1.49. The molecule has 1 unspecified atom stereocenters. The zero-order valence-corrected chi connectivity index (χ0v) is 8.76. The summed E-state index contributed by atoms with van der Waals surface area (Å²) in [5.74, 6) is 0.205. The van der Waals surface area contributed by atoms with Crippen LogP contribution in [0.25, 0.3) is 0 Å². The molecule has 4 nitrogen and oxygen atoms in total. The number of hydrogen-bond acceptors (Lipinski definition) is 3. The first-order valence-electron chi connectivity index (χ1n) is 4.09. The van der Waals surface area contributed by atoms with Gasteiger partial charge in [-0.3, -0.25) is 0 Å². The Kier molecular flexibility index (Phi) is 4.74. The van der Waals surface area contributed by atoms with Crippen LogP contribution in [0.4, 0.5) is 0 Å². The number of likely N-dealkylation sites (N-methyl/N-ethyl adjacent to an activating group) is 1. The Bertz CT molecular complexity index is 211. The van der Waals surface area contributed by atoms with Crippen LogP contribution in [0.3, 0.4) is 0 Å². The predicted molar refractivity (Wildman–Crippen MR) is 50.4 cm³/mol. The number of rotatable bonds is 5. The van der Waals surface area contributed by atoms with E-state index in [9.17, 15) is 8.42 Å². The van der Waals surface area contributed by atoms with E-state index in [1.807, 2.05) is 6.92 Å². The Morgan fingerprint density at radius 1 is 1.50 bits per heavy atom. The van der Waals surface area contributed by atoms with Gasteiger partial charge < -0.3 is 5.73 Å². The maximum absolute atomic E-state index is 11.3. The second-order valence-electron chi connectivity index (χ2n) is 3.07. The van der Waals surface area contributed by atoms with Gasteiger partial charge in [-0.15, -0.1) is 0 Å².